The molecule has 0 aliphatic carbocycles. The summed E-state index contributed by atoms with van der Waals surface area (Å²) in [6, 6.07) is 7.12. The SMILES string of the molecule is CCS/C(=N\S)c1ccccc1O. The molecular weight excluding hydrogens is 202 g/mol. The van der Waals surface area contributed by atoms with Crippen molar-refractivity contribution < 1.29 is 5.11 Å². The lowest BCUT2D eigenvalue weighted by Crippen LogP contribution is -1.94. The van der Waals surface area contributed by atoms with E-state index in [1.165, 1.54) is 0 Å². The summed E-state index contributed by atoms with van der Waals surface area (Å²) in [5, 5.41) is 10.3. The smallest absolute Gasteiger partial charge is 0.125 e. The van der Waals surface area contributed by atoms with E-state index < -0.39 is 0 Å². The first-order valence-corrected chi connectivity index (χ1v) is 5.31. The Bertz CT molecular complexity index is 312. The van der Waals surface area contributed by atoms with Crippen molar-refractivity contribution >= 4 is 29.6 Å². The number of thiol groups is 1. The molecule has 0 amide bonds. The Morgan fingerprint density at radius 2 is 2.23 bits per heavy atom. The minimum atomic E-state index is 0.247. The van der Waals surface area contributed by atoms with Crippen LogP contribution < -0.4 is 0 Å². The number of hydrogen-bond acceptors (Lipinski definition) is 4. The molecule has 4 heteroatoms. The second kappa shape index (κ2) is 5.19. The summed E-state index contributed by atoms with van der Waals surface area (Å²) in [5.74, 6) is 1.16. The number of hydrogen-bond donors (Lipinski definition) is 2. The molecular formula is C9H11NOS2. The number of nitrogens with zero attached hydrogens (tertiary/aromatic N) is 1. The predicted octanol–water partition coefficient (Wildman–Crippen LogP) is 2.74. The normalized spacial score (nSPS) is 11.7. The molecule has 1 aromatic rings. The van der Waals surface area contributed by atoms with Crippen molar-refractivity contribution in [2.45, 2.75) is 6.92 Å². The highest BCUT2D eigenvalue weighted by atomic mass is 32.2. The molecule has 0 unspecified atom stereocenters. The van der Waals surface area contributed by atoms with E-state index in [0.29, 0.717) is 0 Å². The zero-order chi connectivity index (χ0) is 9.68. The molecule has 2 nitrogen and oxygen atoms in total. The Balaban J connectivity index is 2.99. The predicted molar refractivity (Wildman–Crippen MR) is 61.8 cm³/mol. The lowest BCUT2D eigenvalue weighted by Gasteiger charge is -2.04. The van der Waals surface area contributed by atoms with E-state index in [1.54, 1.807) is 23.9 Å². The Morgan fingerprint density at radius 1 is 1.54 bits per heavy atom. The summed E-state index contributed by atoms with van der Waals surface area (Å²) in [6.07, 6.45) is 0. The standard InChI is InChI=1S/C9H11NOS2/c1-2-13-9(10-12)7-5-3-4-6-8(7)11/h3-6,11-12H,2H2,1H3/b10-9-. The van der Waals surface area contributed by atoms with Crippen molar-refractivity contribution in [1.29, 1.82) is 0 Å². The van der Waals surface area contributed by atoms with E-state index in [1.807, 2.05) is 19.1 Å². The number of para-hydroxylation sites is 1. The van der Waals surface area contributed by atoms with Crippen molar-refractivity contribution in [1.82, 2.24) is 0 Å². The lowest BCUT2D eigenvalue weighted by molar-refractivity contribution is 0.474. The molecule has 1 N–H and O–H groups in total. The number of aromatic hydroxyl groups is 1. The maximum absolute atomic E-state index is 9.51. The van der Waals surface area contributed by atoms with Crippen LogP contribution in [-0.4, -0.2) is 15.9 Å². The first kappa shape index (κ1) is 10.5. The van der Waals surface area contributed by atoms with Gasteiger partial charge in [-0.05, 0) is 30.7 Å². The molecule has 0 saturated carbocycles. The summed E-state index contributed by atoms with van der Waals surface area (Å²) in [7, 11) is 0. The highest BCUT2D eigenvalue weighted by Crippen LogP contribution is 2.22. The van der Waals surface area contributed by atoms with Crippen molar-refractivity contribution in [2.24, 2.45) is 4.40 Å². The van der Waals surface area contributed by atoms with Crippen LogP contribution in [0.1, 0.15) is 12.5 Å². The lowest BCUT2D eigenvalue weighted by atomic mass is 10.2. The van der Waals surface area contributed by atoms with E-state index in [4.69, 9.17) is 0 Å². The van der Waals surface area contributed by atoms with E-state index in [-0.39, 0.29) is 5.75 Å². The van der Waals surface area contributed by atoms with Gasteiger partial charge in [0.2, 0.25) is 0 Å². The van der Waals surface area contributed by atoms with Gasteiger partial charge >= 0.3 is 0 Å². The van der Waals surface area contributed by atoms with Gasteiger partial charge in [-0.3, -0.25) is 0 Å². The molecule has 0 aromatic heterocycles. The highest BCUT2D eigenvalue weighted by molar-refractivity contribution is 8.14. The topological polar surface area (TPSA) is 32.6 Å². The molecule has 0 radical (unpaired) electrons. The van der Waals surface area contributed by atoms with E-state index in [2.05, 4.69) is 17.2 Å². The number of phenolic OH excluding ortho intramolecular Hbond substituents is 1. The number of thioether (sulfide) groups is 1. The van der Waals surface area contributed by atoms with Crippen LogP contribution in [0, 0.1) is 0 Å². The summed E-state index contributed by atoms with van der Waals surface area (Å²) in [6.45, 7) is 2.03. The van der Waals surface area contributed by atoms with Gasteiger partial charge in [0.25, 0.3) is 0 Å². The minimum absolute atomic E-state index is 0.247. The largest absolute Gasteiger partial charge is 0.507 e. The summed E-state index contributed by atoms with van der Waals surface area (Å²) >= 11 is 5.42. The van der Waals surface area contributed by atoms with E-state index in [9.17, 15) is 5.11 Å². The van der Waals surface area contributed by atoms with Gasteiger partial charge in [-0.1, -0.05) is 19.1 Å². The van der Waals surface area contributed by atoms with E-state index >= 15 is 0 Å². The average molecular weight is 213 g/mol. The quantitative estimate of drug-likeness (QED) is 0.450. The van der Waals surface area contributed by atoms with Crippen LogP contribution in [0.3, 0.4) is 0 Å². The van der Waals surface area contributed by atoms with Gasteiger partial charge in [0, 0.05) is 5.56 Å². The van der Waals surface area contributed by atoms with Crippen LogP contribution in [0.15, 0.2) is 28.7 Å². The van der Waals surface area contributed by atoms with Gasteiger partial charge in [0.15, 0.2) is 0 Å². The number of benzene rings is 1. The first-order chi connectivity index (χ1) is 6.29. The van der Waals surface area contributed by atoms with Gasteiger partial charge in [0.1, 0.15) is 10.8 Å². The second-order valence-electron chi connectivity index (χ2n) is 2.36. The maximum atomic E-state index is 9.51. The molecule has 0 fully saturated rings. The fourth-order valence-corrected chi connectivity index (χ4v) is 1.89. The Kier molecular flexibility index (Phi) is 4.18. The minimum Gasteiger partial charge on any atom is -0.507 e. The van der Waals surface area contributed by atoms with Crippen molar-refractivity contribution in [2.75, 3.05) is 5.75 Å². The summed E-state index contributed by atoms with van der Waals surface area (Å²) in [5.41, 5.74) is 0.740. The maximum Gasteiger partial charge on any atom is 0.125 e. The molecule has 13 heavy (non-hydrogen) atoms. The zero-order valence-electron chi connectivity index (χ0n) is 7.27. The number of rotatable bonds is 2. The molecule has 0 heterocycles. The van der Waals surface area contributed by atoms with Crippen LogP contribution >= 0.6 is 24.6 Å². The van der Waals surface area contributed by atoms with E-state index in [0.717, 1.165) is 16.4 Å². The van der Waals surface area contributed by atoms with Crippen LogP contribution in [0.25, 0.3) is 0 Å². The summed E-state index contributed by atoms with van der Waals surface area (Å²) < 4.78 is 3.82. The van der Waals surface area contributed by atoms with Gasteiger partial charge in [-0.25, -0.2) is 4.40 Å². The molecule has 0 atom stereocenters. The average Bonchev–Trinajstić information content (AvgIpc) is 2.16. The molecule has 1 rings (SSSR count). The molecule has 0 bridgehead atoms. The van der Waals surface area contributed by atoms with Gasteiger partial charge in [-0.15, -0.1) is 11.8 Å². The molecule has 0 aliphatic heterocycles. The van der Waals surface area contributed by atoms with Crippen LogP contribution in [0.2, 0.25) is 0 Å². The fraction of sp³-hybridized carbons (Fsp3) is 0.222. The Morgan fingerprint density at radius 3 is 2.77 bits per heavy atom. The van der Waals surface area contributed by atoms with Gasteiger partial charge < -0.3 is 5.11 Å². The third-order valence-corrected chi connectivity index (χ3v) is 2.71. The molecule has 70 valence electrons. The monoisotopic (exact) mass is 213 g/mol. The van der Waals surface area contributed by atoms with Crippen LogP contribution in [0.4, 0.5) is 0 Å². The Hall–Kier alpha value is -0.610. The fourth-order valence-electron chi connectivity index (χ4n) is 0.952. The molecule has 0 aliphatic rings. The van der Waals surface area contributed by atoms with Crippen LogP contribution in [-0.2, 0) is 0 Å². The zero-order valence-corrected chi connectivity index (χ0v) is 8.98. The first-order valence-electron chi connectivity index (χ1n) is 3.92. The third kappa shape index (κ3) is 2.67. The van der Waals surface area contributed by atoms with Crippen molar-refractivity contribution in [3.8, 4) is 5.75 Å². The molecule has 1 aromatic carbocycles. The third-order valence-electron chi connectivity index (χ3n) is 1.51. The van der Waals surface area contributed by atoms with Gasteiger partial charge in [-0.2, -0.15) is 0 Å². The molecule has 0 saturated heterocycles. The number of phenols is 1. The summed E-state index contributed by atoms with van der Waals surface area (Å²) in [4.78, 5) is 0. The second-order valence-corrected chi connectivity index (χ2v) is 3.81. The highest BCUT2D eigenvalue weighted by Gasteiger charge is 2.06. The van der Waals surface area contributed by atoms with Crippen LogP contribution in [0.5, 0.6) is 5.75 Å². The van der Waals surface area contributed by atoms with Gasteiger partial charge in [0.05, 0.1) is 0 Å². The van der Waals surface area contributed by atoms with Crippen molar-refractivity contribution in [3.63, 3.8) is 0 Å². The Labute approximate surface area is 87.6 Å². The van der Waals surface area contributed by atoms with Crippen molar-refractivity contribution in [3.05, 3.63) is 29.8 Å². The molecule has 0 spiro atoms.